The third-order valence-electron chi connectivity index (χ3n) is 2.95. The van der Waals surface area contributed by atoms with Gasteiger partial charge in [-0.3, -0.25) is 0 Å². The highest BCUT2D eigenvalue weighted by Crippen LogP contribution is 2.17. The molecule has 0 aliphatic heterocycles. The maximum absolute atomic E-state index is 5.20. The normalized spacial score (nSPS) is 12.1. The summed E-state index contributed by atoms with van der Waals surface area (Å²) < 4.78 is 0.630. The molecule has 2 N–H and O–H groups in total. The summed E-state index contributed by atoms with van der Waals surface area (Å²) >= 11 is 5.20. The van der Waals surface area contributed by atoms with Gasteiger partial charge in [0.2, 0.25) is 0 Å². The molecule has 0 saturated carbocycles. The van der Waals surface area contributed by atoms with Crippen LogP contribution in [-0.2, 0) is 6.42 Å². The van der Waals surface area contributed by atoms with Gasteiger partial charge in [-0.25, -0.2) is 4.98 Å². The van der Waals surface area contributed by atoms with Crippen LogP contribution in [0, 0.1) is 4.64 Å². The fraction of sp³-hybridized carbons (Fsp3) is 0.333. The molecule has 1 atom stereocenters. The quantitative estimate of drug-likeness (QED) is 0.799. The zero-order chi connectivity index (χ0) is 13.7. The summed E-state index contributed by atoms with van der Waals surface area (Å²) in [6.45, 7) is 4.26. The highest BCUT2D eigenvalue weighted by Gasteiger charge is 2.05. The van der Waals surface area contributed by atoms with E-state index in [9.17, 15) is 0 Å². The molecule has 100 valence electrons. The van der Waals surface area contributed by atoms with Crippen LogP contribution in [0.25, 0.3) is 0 Å². The van der Waals surface area contributed by atoms with E-state index in [-0.39, 0.29) is 6.04 Å². The number of anilines is 1. The fourth-order valence-electron chi connectivity index (χ4n) is 2.00. The van der Waals surface area contributed by atoms with E-state index >= 15 is 0 Å². The molecule has 1 heterocycles. The highest BCUT2D eigenvalue weighted by atomic mass is 32.1. The van der Waals surface area contributed by atoms with Gasteiger partial charge in [0.05, 0.1) is 0 Å². The Hall–Kier alpha value is -1.68. The van der Waals surface area contributed by atoms with Gasteiger partial charge >= 0.3 is 0 Å². The zero-order valence-electron chi connectivity index (χ0n) is 11.3. The predicted octanol–water partition coefficient (Wildman–Crippen LogP) is 4.26. The van der Waals surface area contributed by atoms with Crippen molar-refractivity contribution in [1.29, 1.82) is 0 Å². The molecule has 2 aromatic rings. The lowest BCUT2D eigenvalue weighted by molar-refractivity contribution is 0.816. The second-order valence-electron chi connectivity index (χ2n) is 4.61. The van der Waals surface area contributed by atoms with Gasteiger partial charge in [0.1, 0.15) is 16.3 Å². The van der Waals surface area contributed by atoms with Crippen LogP contribution < -0.4 is 5.32 Å². The first-order chi connectivity index (χ1) is 9.19. The Kier molecular flexibility index (Phi) is 4.68. The maximum Gasteiger partial charge on any atom is 0.131 e. The van der Waals surface area contributed by atoms with Gasteiger partial charge in [-0.15, -0.1) is 0 Å². The second-order valence-corrected chi connectivity index (χ2v) is 5.02. The molecule has 2 rings (SSSR count). The number of rotatable bonds is 5. The van der Waals surface area contributed by atoms with E-state index in [4.69, 9.17) is 12.2 Å². The van der Waals surface area contributed by atoms with E-state index < -0.39 is 0 Å². The lowest BCUT2D eigenvalue weighted by Crippen LogP contribution is -2.09. The minimum atomic E-state index is 0.226. The molecule has 0 saturated heterocycles. The first kappa shape index (κ1) is 13.7. The lowest BCUT2D eigenvalue weighted by atomic mass is 10.1. The number of benzene rings is 1. The topological polar surface area (TPSA) is 40.7 Å². The van der Waals surface area contributed by atoms with Crippen LogP contribution in [0.5, 0.6) is 0 Å². The monoisotopic (exact) mass is 273 g/mol. The van der Waals surface area contributed by atoms with Gasteiger partial charge in [0, 0.05) is 18.5 Å². The van der Waals surface area contributed by atoms with Crippen LogP contribution in [0.3, 0.4) is 0 Å². The van der Waals surface area contributed by atoms with Crippen molar-refractivity contribution in [3.8, 4) is 0 Å². The van der Waals surface area contributed by atoms with Gasteiger partial charge < -0.3 is 10.3 Å². The summed E-state index contributed by atoms with van der Waals surface area (Å²) in [4.78, 5) is 7.62. The molecular formula is C15H19N3S. The molecule has 19 heavy (non-hydrogen) atoms. The number of nitrogens with zero attached hydrogens (tertiary/aromatic N) is 1. The molecule has 3 nitrogen and oxygen atoms in total. The standard InChI is InChI=1S/C15H19N3S/c1-3-7-13-17-14(10-15(19)18-13)16-11(2)12-8-5-4-6-9-12/h4-6,8-11H,3,7H2,1-2H3,(H2,16,17,18,19). The average Bonchev–Trinajstić information content (AvgIpc) is 2.39. The number of aromatic amines is 1. The SMILES string of the molecule is CCCc1nc(=S)cc(NC(C)c2ccccc2)[nH]1. The largest absolute Gasteiger partial charge is 0.365 e. The Bertz CT molecular complexity index is 577. The number of H-pyrrole nitrogens is 1. The van der Waals surface area contributed by atoms with E-state index in [1.54, 1.807) is 0 Å². The van der Waals surface area contributed by atoms with Crippen LogP contribution in [0.15, 0.2) is 36.4 Å². The summed E-state index contributed by atoms with van der Waals surface area (Å²) in [5, 5.41) is 3.44. The van der Waals surface area contributed by atoms with Crippen LogP contribution in [0.4, 0.5) is 5.82 Å². The lowest BCUT2D eigenvalue weighted by Gasteiger charge is -2.16. The Morgan fingerprint density at radius 2 is 2.05 bits per heavy atom. The van der Waals surface area contributed by atoms with Crippen molar-refractivity contribution in [2.45, 2.75) is 32.7 Å². The smallest absolute Gasteiger partial charge is 0.131 e. The fourth-order valence-corrected chi connectivity index (χ4v) is 2.23. The second kappa shape index (κ2) is 6.48. The van der Waals surface area contributed by atoms with Crippen molar-refractivity contribution in [3.05, 3.63) is 52.4 Å². The summed E-state index contributed by atoms with van der Waals surface area (Å²) in [5.41, 5.74) is 1.25. The zero-order valence-corrected chi connectivity index (χ0v) is 12.1. The molecule has 0 aliphatic carbocycles. The van der Waals surface area contributed by atoms with Gasteiger partial charge in [-0.05, 0) is 18.9 Å². The van der Waals surface area contributed by atoms with Crippen molar-refractivity contribution in [1.82, 2.24) is 9.97 Å². The number of nitrogens with one attached hydrogen (secondary N) is 2. The van der Waals surface area contributed by atoms with Gasteiger partial charge in [0.25, 0.3) is 0 Å². The molecule has 0 aliphatic rings. The number of aromatic nitrogens is 2. The van der Waals surface area contributed by atoms with Crippen molar-refractivity contribution in [2.24, 2.45) is 0 Å². The van der Waals surface area contributed by atoms with Gasteiger partial charge in [-0.1, -0.05) is 49.5 Å². The summed E-state index contributed by atoms with van der Waals surface area (Å²) in [6, 6.07) is 12.4. The van der Waals surface area contributed by atoms with E-state index in [2.05, 4.69) is 41.3 Å². The Labute approximate surface area is 119 Å². The van der Waals surface area contributed by atoms with Crippen LogP contribution in [0.2, 0.25) is 0 Å². The van der Waals surface area contributed by atoms with E-state index in [1.165, 1.54) is 5.56 Å². The summed E-state index contributed by atoms with van der Waals surface area (Å²) in [5.74, 6) is 1.87. The van der Waals surface area contributed by atoms with E-state index in [1.807, 2.05) is 24.3 Å². The van der Waals surface area contributed by atoms with Gasteiger partial charge in [0.15, 0.2) is 0 Å². The number of aryl methyl sites for hydroxylation is 1. The summed E-state index contributed by atoms with van der Waals surface area (Å²) in [7, 11) is 0. The van der Waals surface area contributed by atoms with Crippen molar-refractivity contribution < 1.29 is 0 Å². The van der Waals surface area contributed by atoms with Crippen molar-refractivity contribution in [2.75, 3.05) is 5.32 Å². The molecule has 0 bridgehead atoms. The van der Waals surface area contributed by atoms with Crippen molar-refractivity contribution >= 4 is 18.0 Å². The molecule has 1 aromatic carbocycles. The summed E-state index contributed by atoms with van der Waals surface area (Å²) in [6.07, 6.45) is 1.97. The van der Waals surface area contributed by atoms with E-state index in [0.29, 0.717) is 4.64 Å². The Balaban J connectivity index is 2.17. The average molecular weight is 273 g/mol. The molecule has 0 amide bonds. The van der Waals surface area contributed by atoms with Crippen LogP contribution in [-0.4, -0.2) is 9.97 Å². The van der Waals surface area contributed by atoms with E-state index in [0.717, 1.165) is 24.5 Å². The molecule has 0 spiro atoms. The third kappa shape index (κ3) is 3.89. The molecule has 1 unspecified atom stereocenters. The molecule has 0 radical (unpaired) electrons. The Morgan fingerprint density at radius 1 is 1.32 bits per heavy atom. The minimum Gasteiger partial charge on any atom is -0.365 e. The van der Waals surface area contributed by atoms with Crippen LogP contribution >= 0.6 is 12.2 Å². The predicted molar refractivity (Wildman–Crippen MR) is 81.9 cm³/mol. The molecule has 4 heteroatoms. The van der Waals surface area contributed by atoms with Crippen LogP contribution in [0.1, 0.15) is 37.7 Å². The molecule has 1 aromatic heterocycles. The van der Waals surface area contributed by atoms with Gasteiger partial charge in [-0.2, -0.15) is 0 Å². The maximum atomic E-state index is 5.20. The van der Waals surface area contributed by atoms with Crippen molar-refractivity contribution in [3.63, 3.8) is 0 Å². The minimum absolute atomic E-state index is 0.226. The first-order valence-corrected chi connectivity index (χ1v) is 7.01. The number of hydrogen-bond donors (Lipinski definition) is 2. The number of hydrogen-bond acceptors (Lipinski definition) is 3. The highest BCUT2D eigenvalue weighted by molar-refractivity contribution is 7.71. The third-order valence-corrected chi connectivity index (χ3v) is 3.16. The molecule has 0 fully saturated rings. The molecular weight excluding hydrogens is 254 g/mol. The Morgan fingerprint density at radius 3 is 2.74 bits per heavy atom. The first-order valence-electron chi connectivity index (χ1n) is 6.60.